The van der Waals surface area contributed by atoms with E-state index in [4.69, 9.17) is 5.41 Å². The fourth-order valence-corrected chi connectivity index (χ4v) is 7.32. The first-order valence-electron chi connectivity index (χ1n) is 12.4. The number of nitriles is 1. The zero-order valence-electron chi connectivity index (χ0n) is 20.2. The second kappa shape index (κ2) is 8.34. The summed E-state index contributed by atoms with van der Waals surface area (Å²) in [6, 6.07) is 2.44. The molecule has 0 aromatic carbocycles. The summed E-state index contributed by atoms with van der Waals surface area (Å²) in [4.78, 5) is 9.77. The summed E-state index contributed by atoms with van der Waals surface area (Å²) in [7, 11) is 0. The predicted molar refractivity (Wildman–Crippen MR) is 125 cm³/mol. The molecule has 1 aromatic rings. The van der Waals surface area contributed by atoms with Crippen LogP contribution in [0.15, 0.2) is 18.3 Å². The molecule has 7 nitrogen and oxygen atoms in total. The van der Waals surface area contributed by atoms with Crippen molar-refractivity contribution >= 4 is 11.7 Å². The van der Waals surface area contributed by atoms with Crippen LogP contribution in [0.25, 0.3) is 0 Å². The number of hydrogen-bond acceptors (Lipinski definition) is 6. The summed E-state index contributed by atoms with van der Waals surface area (Å²) < 4.78 is 38.5. The molecule has 1 aliphatic heterocycles. The van der Waals surface area contributed by atoms with Crippen molar-refractivity contribution < 1.29 is 18.3 Å². The number of rotatable bonds is 4. The Labute approximate surface area is 204 Å². The molecule has 2 heterocycles. The maximum Gasteiger partial charge on any atom is 0.417 e. The van der Waals surface area contributed by atoms with Crippen molar-refractivity contribution in [2.24, 2.45) is 17.8 Å². The van der Waals surface area contributed by atoms with E-state index < -0.39 is 22.9 Å². The highest BCUT2D eigenvalue weighted by Gasteiger charge is 2.57. The van der Waals surface area contributed by atoms with E-state index in [0.29, 0.717) is 37.9 Å². The number of aliphatic hydroxyl groups is 1. The molecule has 2 N–H and O–H groups in total. The molecule has 5 fully saturated rings. The van der Waals surface area contributed by atoms with Gasteiger partial charge in [-0.2, -0.15) is 18.4 Å². The first-order chi connectivity index (χ1) is 16.4. The Morgan fingerprint density at radius 2 is 1.77 bits per heavy atom. The lowest BCUT2D eigenvalue weighted by molar-refractivity contribution is -0.147. The first kappa shape index (κ1) is 24.3. The van der Waals surface area contributed by atoms with Crippen LogP contribution in [0, 0.1) is 34.6 Å². The lowest BCUT2D eigenvalue weighted by Gasteiger charge is -2.60. The summed E-state index contributed by atoms with van der Waals surface area (Å²) >= 11 is 0. The zero-order chi connectivity index (χ0) is 25.2. The van der Waals surface area contributed by atoms with Gasteiger partial charge in [0.25, 0.3) is 0 Å². The number of amidine groups is 1. The summed E-state index contributed by atoms with van der Waals surface area (Å²) in [6.45, 7) is 6.30. The van der Waals surface area contributed by atoms with E-state index in [1.54, 1.807) is 4.90 Å². The Balaban J connectivity index is 1.25. The van der Waals surface area contributed by atoms with Crippen molar-refractivity contribution in [2.45, 2.75) is 69.3 Å². The van der Waals surface area contributed by atoms with Crippen LogP contribution in [0.4, 0.5) is 19.0 Å². The number of pyridine rings is 1. The van der Waals surface area contributed by atoms with E-state index in [9.17, 15) is 23.5 Å². The molecule has 2 unspecified atom stereocenters. The second-order valence-electron chi connectivity index (χ2n) is 11.4. The third kappa shape index (κ3) is 4.27. The average Bonchev–Trinajstić information content (AvgIpc) is 2.79. The van der Waals surface area contributed by atoms with Gasteiger partial charge in [0, 0.05) is 32.4 Å². The molecule has 1 aromatic heterocycles. The van der Waals surface area contributed by atoms with Crippen LogP contribution >= 0.6 is 0 Å². The normalized spacial score (nSPS) is 33.0. The van der Waals surface area contributed by atoms with Gasteiger partial charge in [-0.25, -0.2) is 4.98 Å². The molecule has 35 heavy (non-hydrogen) atoms. The van der Waals surface area contributed by atoms with Crippen LogP contribution in [0.1, 0.15) is 51.5 Å². The number of hydrogen-bond donors (Lipinski definition) is 2. The molecule has 0 spiro atoms. The van der Waals surface area contributed by atoms with Crippen molar-refractivity contribution in [3.05, 3.63) is 23.9 Å². The molecule has 4 saturated carbocycles. The fourth-order valence-electron chi connectivity index (χ4n) is 7.32. The van der Waals surface area contributed by atoms with Gasteiger partial charge in [0.2, 0.25) is 0 Å². The largest absolute Gasteiger partial charge is 0.417 e. The molecule has 4 bridgehead atoms. The number of alkyl halides is 3. The van der Waals surface area contributed by atoms with Crippen LogP contribution in [-0.2, 0) is 6.18 Å². The standard InChI is InChI=1S/C25H33F3N6O/c1-23(2,33-7-5-32(6-8-33)20-4-3-19(14-31-20)25(26,27)28)22(30)34(15-29)21-17-9-16-10-18(21)13-24(35,11-16)12-17/h3-4,14,16-18,21,30,35H,5-13H2,1-2H3. The van der Waals surface area contributed by atoms with E-state index in [1.165, 1.54) is 6.07 Å². The Morgan fingerprint density at radius 3 is 2.26 bits per heavy atom. The summed E-state index contributed by atoms with van der Waals surface area (Å²) in [6.07, 6.45) is 3.14. The Hall–Kier alpha value is -2.38. The van der Waals surface area contributed by atoms with Crippen LogP contribution in [-0.4, -0.2) is 69.1 Å². The minimum atomic E-state index is -4.41. The van der Waals surface area contributed by atoms with Gasteiger partial charge in [-0.1, -0.05) is 0 Å². The van der Waals surface area contributed by atoms with Crippen molar-refractivity contribution in [2.75, 3.05) is 31.1 Å². The van der Waals surface area contributed by atoms with Gasteiger partial charge in [0.05, 0.1) is 22.7 Å². The highest BCUT2D eigenvalue weighted by atomic mass is 19.4. The minimum absolute atomic E-state index is 0.0266. The number of nitrogens with zero attached hydrogens (tertiary/aromatic N) is 5. The summed E-state index contributed by atoms with van der Waals surface area (Å²) in [5.74, 6) is 1.80. The molecule has 190 valence electrons. The first-order valence-corrected chi connectivity index (χ1v) is 12.4. The number of aromatic nitrogens is 1. The predicted octanol–water partition coefficient (Wildman–Crippen LogP) is 3.70. The number of anilines is 1. The lowest BCUT2D eigenvalue weighted by atomic mass is 9.52. The fraction of sp³-hybridized carbons (Fsp3) is 0.720. The second-order valence-corrected chi connectivity index (χ2v) is 11.4. The van der Waals surface area contributed by atoms with Crippen LogP contribution in [0.3, 0.4) is 0 Å². The Bertz CT molecular complexity index is 996. The van der Waals surface area contributed by atoms with E-state index in [-0.39, 0.29) is 23.7 Å². The van der Waals surface area contributed by atoms with E-state index in [1.807, 2.05) is 18.7 Å². The van der Waals surface area contributed by atoms with Gasteiger partial charge < -0.3 is 10.0 Å². The maximum absolute atomic E-state index is 12.8. The highest BCUT2D eigenvalue weighted by molar-refractivity contribution is 5.89. The van der Waals surface area contributed by atoms with Crippen molar-refractivity contribution in [3.63, 3.8) is 0 Å². The van der Waals surface area contributed by atoms with E-state index in [2.05, 4.69) is 16.1 Å². The molecular formula is C25H33F3N6O. The molecule has 5 aliphatic rings. The smallest absolute Gasteiger partial charge is 0.390 e. The summed E-state index contributed by atoms with van der Waals surface area (Å²) in [5.41, 5.74) is -2.03. The van der Waals surface area contributed by atoms with Gasteiger partial charge in [0.15, 0.2) is 6.19 Å². The van der Waals surface area contributed by atoms with E-state index >= 15 is 0 Å². The van der Waals surface area contributed by atoms with Gasteiger partial charge in [-0.05, 0) is 75.8 Å². The molecule has 4 aliphatic carbocycles. The monoisotopic (exact) mass is 490 g/mol. The molecule has 0 radical (unpaired) electrons. The van der Waals surface area contributed by atoms with Gasteiger partial charge in [0.1, 0.15) is 11.7 Å². The molecule has 1 saturated heterocycles. The SMILES string of the molecule is CC(C)(C(=N)N(C#N)C1C2CC3CC1CC(O)(C3)C2)N1CCN(c2ccc(C(F)(F)F)cn2)CC1. The third-order valence-corrected chi connectivity index (χ3v) is 8.89. The highest BCUT2D eigenvalue weighted by Crippen LogP contribution is 2.57. The molecule has 0 amide bonds. The quantitative estimate of drug-likeness (QED) is 0.290. The summed E-state index contributed by atoms with van der Waals surface area (Å²) in [5, 5.41) is 30.1. The number of halogens is 3. The van der Waals surface area contributed by atoms with Crippen LogP contribution < -0.4 is 4.90 Å². The number of nitrogens with one attached hydrogen (secondary N) is 1. The van der Waals surface area contributed by atoms with E-state index in [0.717, 1.165) is 44.4 Å². The van der Waals surface area contributed by atoms with Gasteiger partial charge >= 0.3 is 6.18 Å². The maximum atomic E-state index is 12.8. The zero-order valence-corrected chi connectivity index (χ0v) is 20.2. The van der Waals surface area contributed by atoms with Crippen molar-refractivity contribution in [3.8, 4) is 6.19 Å². The minimum Gasteiger partial charge on any atom is -0.390 e. The lowest BCUT2D eigenvalue weighted by Crippen LogP contribution is -2.66. The average molecular weight is 491 g/mol. The van der Waals surface area contributed by atoms with Crippen LogP contribution in [0.2, 0.25) is 0 Å². The molecular weight excluding hydrogens is 457 g/mol. The number of piperazine rings is 1. The third-order valence-electron chi connectivity index (χ3n) is 8.89. The van der Waals surface area contributed by atoms with Crippen LogP contribution in [0.5, 0.6) is 0 Å². The van der Waals surface area contributed by atoms with Gasteiger partial charge in [-0.3, -0.25) is 15.2 Å². The van der Waals surface area contributed by atoms with Crippen molar-refractivity contribution in [1.82, 2.24) is 14.8 Å². The molecule has 10 heteroatoms. The van der Waals surface area contributed by atoms with Gasteiger partial charge in [-0.15, -0.1) is 0 Å². The molecule has 6 rings (SSSR count). The Morgan fingerprint density at radius 1 is 1.14 bits per heavy atom. The Kier molecular flexibility index (Phi) is 5.80. The van der Waals surface area contributed by atoms with Crippen molar-refractivity contribution in [1.29, 1.82) is 10.7 Å². The molecule has 2 atom stereocenters. The topological polar surface area (TPSA) is 90.5 Å².